The smallest absolute Gasteiger partial charge is 0.141 e. The zero-order chi connectivity index (χ0) is 23.1. The molecule has 3 aromatic heterocycles. The number of rotatable bonds is 6. The second-order valence-corrected chi connectivity index (χ2v) is 8.79. The molecule has 1 aliphatic rings. The van der Waals surface area contributed by atoms with Crippen LogP contribution in [0.3, 0.4) is 0 Å². The van der Waals surface area contributed by atoms with Gasteiger partial charge in [-0.05, 0) is 45.7 Å². The fourth-order valence-corrected chi connectivity index (χ4v) is 5.06. The molecule has 0 spiro atoms. The largest absolute Gasteiger partial charge is 0.496 e. The van der Waals surface area contributed by atoms with Gasteiger partial charge in [0.2, 0.25) is 0 Å². The lowest BCUT2D eigenvalue weighted by Gasteiger charge is -2.25. The van der Waals surface area contributed by atoms with Gasteiger partial charge in [-0.3, -0.25) is 4.98 Å². The predicted molar refractivity (Wildman–Crippen MR) is 133 cm³/mol. The third-order valence-electron chi connectivity index (χ3n) is 6.60. The van der Waals surface area contributed by atoms with E-state index in [1.54, 1.807) is 14.2 Å². The molecule has 0 radical (unpaired) electrons. The number of pyridine rings is 1. The van der Waals surface area contributed by atoms with E-state index in [0.29, 0.717) is 12.5 Å². The Labute approximate surface area is 205 Å². The Hall–Kier alpha value is -2.68. The van der Waals surface area contributed by atoms with E-state index in [2.05, 4.69) is 28.8 Å². The summed E-state index contributed by atoms with van der Waals surface area (Å²) in [4.78, 5) is 9.85. The van der Waals surface area contributed by atoms with Crippen LogP contribution in [0.4, 0.5) is 0 Å². The van der Waals surface area contributed by atoms with Crippen LogP contribution in [0.2, 0.25) is 0 Å². The molecule has 0 saturated carbocycles. The van der Waals surface area contributed by atoms with Crippen molar-refractivity contribution >= 4 is 34.3 Å². The van der Waals surface area contributed by atoms with Gasteiger partial charge in [-0.15, -0.1) is 12.4 Å². The fourth-order valence-electron chi connectivity index (χ4n) is 5.06. The number of ether oxygens (including phenoxy) is 3. The van der Waals surface area contributed by atoms with E-state index in [9.17, 15) is 0 Å². The summed E-state index contributed by atoms with van der Waals surface area (Å²) in [6.45, 7) is 8.15. The molecule has 182 valence electrons. The van der Waals surface area contributed by atoms with E-state index in [4.69, 9.17) is 28.7 Å². The fraction of sp³-hybridized carbons (Fsp3) is 0.480. The van der Waals surface area contributed by atoms with E-state index < -0.39 is 0 Å². The van der Waals surface area contributed by atoms with Crippen LogP contribution in [0.1, 0.15) is 49.0 Å². The molecular formula is C25H31ClN4O4. The predicted octanol–water partition coefficient (Wildman–Crippen LogP) is 5.39. The zero-order valence-electron chi connectivity index (χ0n) is 20.3. The molecule has 1 aromatic carbocycles. The van der Waals surface area contributed by atoms with Crippen molar-refractivity contribution in [3.8, 4) is 16.9 Å². The topological polar surface area (TPSA) is 84.4 Å². The molecule has 9 heteroatoms. The van der Waals surface area contributed by atoms with Gasteiger partial charge in [0, 0.05) is 37.2 Å². The summed E-state index contributed by atoms with van der Waals surface area (Å²) < 4.78 is 24.7. The van der Waals surface area contributed by atoms with E-state index in [-0.39, 0.29) is 18.4 Å². The third kappa shape index (κ3) is 4.04. The zero-order valence-corrected chi connectivity index (χ0v) is 21.1. The van der Waals surface area contributed by atoms with E-state index >= 15 is 0 Å². The first kappa shape index (κ1) is 24.4. The van der Waals surface area contributed by atoms with Gasteiger partial charge in [0.05, 0.1) is 48.2 Å². The van der Waals surface area contributed by atoms with Gasteiger partial charge in [-0.2, -0.15) is 0 Å². The maximum Gasteiger partial charge on any atom is 0.141 e. The average Bonchev–Trinajstić information content (AvgIpc) is 3.38. The minimum absolute atomic E-state index is 0. The maximum absolute atomic E-state index is 5.84. The second-order valence-electron chi connectivity index (χ2n) is 8.79. The van der Waals surface area contributed by atoms with Gasteiger partial charge < -0.3 is 23.3 Å². The minimum atomic E-state index is 0. The summed E-state index contributed by atoms with van der Waals surface area (Å²) in [7, 11) is 3.43. The van der Waals surface area contributed by atoms with Crippen molar-refractivity contribution in [3.05, 3.63) is 35.6 Å². The number of fused-ring (bicyclic) bond motifs is 3. The number of aromatic nitrogens is 4. The Kier molecular flexibility index (Phi) is 7.12. The van der Waals surface area contributed by atoms with Crippen LogP contribution in [0.5, 0.6) is 5.75 Å². The first-order valence-corrected chi connectivity index (χ1v) is 11.4. The number of imidazole rings is 1. The molecule has 4 aromatic rings. The lowest BCUT2D eigenvalue weighted by molar-refractivity contribution is 0.0817. The number of aryl methyl sites for hydroxylation is 2. The van der Waals surface area contributed by atoms with Crippen LogP contribution in [-0.4, -0.2) is 53.7 Å². The monoisotopic (exact) mass is 486 g/mol. The Morgan fingerprint density at radius 3 is 2.56 bits per heavy atom. The molecule has 0 amide bonds. The summed E-state index contributed by atoms with van der Waals surface area (Å²) in [6, 6.07) is 4.25. The van der Waals surface area contributed by atoms with Crippen LogP contribution in [0.25, 0.3) is 33.1 Å². The third-order valence-corrected chi connectivity index (χ3v) is 6.60. The number of hydrogen-bond donors (Lipinski definition) is 0. The lowest BCUT2D eigenvalue weighted by Crippen LogP contribution is -2.21. The van der Waals surface area contributed by atoms with Crippen LogP contribution in [-0.2, 0) is 9.47 Å². The molecule has 1 fully saturated rings. The first-order valence-electron chi connectivity index (χ1n) is 11.4. The molecule has 0 bridgehead atoms. The van der Waals surface area contributed by atoms with Crippen LogP contribution < -0.4 is 4.74 Å². The highest BCUT2D eigenvalue weighted by Crippen LogP contribution is 2.40. The molecule has 1 atom stereocenters. The molecule has 1 saturated heterocycles. The van der Waals surface area contributed by atoms with Crippen molar-refractivity contribution in [3.63, 3.8) is 0 Å². The Morgan fingerprint density at radius 2 is 1.91 bits per heavy atom. The summed E-state index contributed by atoms with van der Waals surface area (Å²) in [5.41, 5.74) is 5.52. The Balaban J connectivity index is 0.00000274. The standard InChI is InChI=1S/C25H30N4O4.ClH/c1-14(13-30-4)29-24-18-11-22(31-5)19(23-15(2)28-33-16(23)3)10-20(18)26-12-21(24)27-25(29)17-6-8-32-9-7-17;/h10-12,14,17H,6-9,13H2,1-5H3;1H/t14-;/m1./s1. The molecule has 1 aliphatic heterocycles. The highest BCUT2D eigenvalue weighted by atomic mass is 35.5. The van der Waals surface area contributed by atoms with Crippen molar-refractivity contribution in [1.29, 1.82) is 0 Å². The highest BCUT2D eigenvalue weighted by molar-refractivity contribution is 6.05. The summed E-state index contributed by atoms with van der Waals surface area (Å²) in [6.07, 6.45) is 3.81. The highest BCUT2D eigenvalue weighted by Gasteiger charge is 2.27. The number of methoxy groups -OCH3 is 2. The molecule has 0 N–H and O–H groups in total. The lowest BCUT2D eigenvalue weighted by atomic mass is 9.99. The van der Waals surface area contributed by atoms with Gasteiger partial charge in [-0.25, -0.2) is 4.98 Å². The molecule has 4 heterocycles. The number of nitrogens with zero attached hydrogens (tertiary/aromatic N) is 4. The summed E-state index contributed by atoms with van der Waals surface area (Å²) in [5.74, 6) is 2.95. The molecule has 8 nitrogen and oxygen atoms in total. The van der Waals surface area contributed by atoms with Gasteiger partial charge in [0.1, 0.15) is 22.9 Å². The molecule has 5 rings (SSSR count). The van der Waals surface area contributed by atoms with Gasteiger partial charge in [0.25, 0.3) is 0 Å². The van der Waals surface area contributed by atoms with Crippen molar-refractivity contribution in [2.75, 3.05) is 34.0 Å². The second kappa shape index (κ2) is 9.90. The average molecular weight is 487 g/mol. The molecular weight excluding hydrogens is 456 g/mol. The van der Waals surface area contributed by atoms with E-state index in [0.717, 1.165) is 82.1 Å². The van der Waals surface area contributed by atoms with Crippen LogP contribution in [0, 0.1) is 13.8 Å². The molecule has 0 aliphatic carbocycles. The first-order chi connectivity index (χ1) is 16.0. The van der Waals surface area contributed by atoms with E-state index in [1.807, 2.05) is 20.0 Å². The number of benzene rings is 1. The Morgan fingerprint density at radius 1 is 1.15 bits per heavy atom. The van der Waals surface area contributed by atoms with Crippen molar-refractivity contribution in [1.82, 2.24) is 19.7 Å². The van der Waals surface area contributed by atoms with Crippen molar-refractivity contribution < 1.29 is 18.7 Å². The normalized spacial score (nSPS) is 15.6. The number of hydrogen-bond acceptors (Lipinski definition) is 7. The molecule has 34 heavy (non-hydrogen) atoms. The quantitative estimate of drug-likeness (QED) is 0.361. The Bertz CT molecular complexity index is 1290. The van der Waals surface area contributed by atoms with Crippen molar-refractivity contribution in [2.45, 2.75) is 45.6 Å². The summed E-state index contributed by atoms with van der Waals surface area (Å²) in [5, 5.41) is 5.13. The van der Waals surface area contributed by atoms with E-state index in [1.165, 1.54) is 0 Å². The summed E-state index contributed by atoms with van der Waals surface area (Å²) >= 11 is 0. The number of halogens is 1. The minimum Gasteiger partial charge on any atom is -0.496 e. The molecule has 0 unspecified atom stereocenters. The van der Waals surface area contributed by atoms with Gasteiger partial charge in [0.15, 0.2) is 0 Å². The van der Waals surface area contributed by atoms with Crippen molar-refractivity contribution in [2.24, 2.45) is 0 Å². The maximum atomic E-state index is 5.84. The van der Waals surface area contributed by atoms with Gasteiger partial charge >= 0.3 is 0 Å². The van der Waals surface area contributed by atoms with Crippen LogP contribution >= 0.6 is 12.4 Å². The van der Waals surface area contributed by atoms with Crippen LogP contribution in [0.15, 0.2) is 22.9 Å². The van der Waals surface area contributed by atoms with Gasteiger partial charge in [-0.1, -0.05) is 5.16 Å². The SMILES string of the molecule is COC[C@@H](C)n1c(C2CCOCC2)nc2cnc3cc(-c4c(C)noc4C)c(OC)cc3c21.Cl.